The normalized spacial score (nSPS) is 11.0. The van der Waals surface area contributed by atoms with Gasteiger partial charge in [0, 0.05) is 53.7 Å². The van der Waals surface area contributed by atoms with Crippen molar-refractivity contribution in [2.45, 2.75) is 6.92 Å². The van der Waals surface area contributed by atoms with E-state index in [-0.39, 0.29) is 0 Å². The van der Waals surface area contributed by atoms with E-state index in [4.69, 9.17) is 11.6 Å². The molecule has 0 fully saturated rings. The third-order valence-electron chi connectivity index (χ3n) is 4.94. The lowest BCUT2D eigenvalue weighted by molar-refractivity contribution is 0.768. The average molecular weight is 443 g/mol. The van der Waals surface area contributed by atoms with E-state index in [9.17, 15) is 0 Å². The summed E-state index contributed by atoms with van der Waals surface area (Å²) in [6.45, 7) is 1.95. The third-order valence-corrected chi connectivity index (χ3v) is 5.24. The smallest absolute Gasteiger partial charge is 0.183 e. The van der Waals surface area contributed by atoms with Gasteiger partial charge in [-0.05, 0) is 49.4 Å². The molecule has 4 aromatic heterocycles. The van der Waals surface area contributed by atoms with Crippen LogP contribution in [0.2, 0.25) is 5.02 Å². The number of hydrogen-bond acceptors (Lipinski definition) is 6. The van der Waals surface area contributed by atoms with Crippen molar-refractivity contribution in [3.63, 3.8) is 0 Å². The van der Waals surface area contributed by atoms with Crippen molar-refractivity contribution >= 4 is 23.1 Å². The summed E-state index contributed by atoms with van der Waals surface area (Å²) >= 11 is 6.34. The lowest BCUT2D eigenvalue weighted by atomic mass is 10.1. The third kappa shape index (κ3) is 4.08. The van der Waals surface area contributed by atoms with Gasteiger partial charge in [-0.25, -0.2) is 14.6 Å². The van der Waals surface area contributed by atoms with Crippen molar-refractivity contribution in [1.29, 1.82) is 0 Å². The van der Waals surface area contributed by atoms with Gasteiger partial charge in [0.25, 0.3) is 0 Å². The van der Waals surface area contributed by atoms with Gasteiger partial charge < -0.3 is 5.32 Å². The molecule has 8 nitrogen and oxygen atoms in total. The van der Waals surface area contributed by atoms with Crippen LogP contribution in [0.4, 0.5) is 11.5 Å². The topological polar surface area (TPSA) is 86.3 Å². The van der Waals surface area contributed by atoms with Gasteiger partial charge in [0.2, 0.25) is 0 Å². The molecule has 0 radical (unpaired) electrons. The molecule has 0 unspecified atom stereocenters. The largest absolute Gasteiger partial charge is 0.340 e. The van der Waals surface area contributed by atoms with Crippen LogP contribution in [0.5, 0.6) is 0 Å². The maximum absolute atomic E-state index is 6.34. The number of pyridine rings is 2. The number of rotatable bonds is 5. The van der Waals surface area contributed by atoms with Crippen LogP contribution in [0, 0.1) is 6.92 Å². The van der Waals surface area contributed by atoms with E-state index >= 15 is 0 Å². The van der Waals surface area contributed by atoms with Gasteiger partial charge in [0.05, 0.1) is 16.9 Å². The van der Waals surface area contributed by atoms with E-state index in [2.05, 4.69) is 30.5 Å². The summed E-state index contributed by atoms with van der Waals surface area (Å²) in [7, 11) is 1.87. The Hall–Kier alpha value is -4.04. The number of nitrogens with zero attached hydrogens (tertiary/aromatic N) is 7. The summed E-state index contributed by atoms with van der Waals surface area (Å²) in [6, 6.07) is 13.7. The molecule has 5 rings (SSSR count). The summed E-state index contributed by atoms with van der Waals surface area (Å²) in [5, 5.41) is 12.7. The molecule has 0 saturated heterocycles. The van der Waals surface area contributed by atoms with Crippen LogP contribution in [0.1, 0.15) is 5.69 Å². The molecular formula is C23H19ClN8. The first-order chi connectivity index (χ1) is 15.5. The average Bonchev–Trinajstić information content (AvgIpc) is 3.46. The number of benzene rings is 1. The van der Waals surface area contributed by atoms with Gasteiger partial charge in [-0.15, -0.1) is 5.10 Å². The zero-order valence-electron chi connectivity index (χ0n) is 17.4. The molecule has 0 spiro atoms. The van der Waals surface area contributed by atoms with Crippen molar-refractivity contribution < 1.29 is 0 Å². The van der Waals surface area contributed by atoms with E-state index in [1.807, 2.05) is 62.6 Å². The second-order valence-electron chi connectivity index (χ2n) is 7.32. The standard InChI is InChI=1S/C23H19ClN8/c1-15-3-4-16(10-25-15)23-27-14-32(30-23)19-7-5-18(6-8-19)29-22-9-20(21(24)12-26-22)17-11-28-31(2)13-17/h3-14H,1-2H3,(H,26,29). The van der Waals surface area contributed by atoms with E-state index in [0.29, 0.717) is 16.7 Å². The lowest BCUT2D eigenvalue weighted by Gasteiger charge is -2.09. The fraction of sp³-hybridized carbons (Fsp3) is 0.0870. The van der Waals surface area contributed by atoms with Crippen LogP contribution < -0.4 is 5.32 Å². The molecule has 0 bridgehead atoms. The van der Waals surface area contributed by atoms with E-state index in [1.165, 1.54) is 0 Å². The Morgan fingerprint density at radius 1 is 0.906 bits per heavy atom. The highest BCUT2D eigenvalue weighted by Gasteiger charge is 2.09. The summed E-state index contributed by atoms with van der Waals surface area (Å²) < 4.78 is 3.48. The SMILES string of the molecule is Cc1ccc(-c2ncn(-c3ccc(Nc4cc(-c5cnn(C)c5)c(Cl)cn4)cc3)n2)cn1. The number of aromatic nitrogens is 7. The van der Waals surface area contributed by atoms with Crippen molar-refractivity contribution in [2.24, 2.45) is 7.05 Å². The van der Waals surface area contributed by atoms with Crippen LogP contribution in [0.15, 0.2) is 73.6 Å². The van der Waals surface area contributed by atoms with Gasteiger partial charge >= 0.3 is 0 Å². The molecular weight excluding hydrogens is 424 g/mol. The van der Waals surface area contributed by atoms with Crippen molar-refractivity contribution in [3.8, 4) is 28.2 Å². The Morgan fingerprint density at radius 3 is 2.47 bits per heavy atom. The minimum Gasteiger partial charge on any atom is -0.340 e. The fourth-order valence-corrected chi connectivity index (χ4v) is 3.47. The van der Waals surface area contributed by atoms with Crippen molar-refractivity contribution in [1.82, 2.24) is 34.5 Å². The lowest BCUT2D eigenvalue weighted by Crippen LogP contribution is -1.97. The monoisotopic (exact) mass is 442 g/mol. The zero-order valence-corrected chi connectivity index (χ0v) is 18.2. The molecule has 5 aromatic rings. The minimum atomic E-state index is 0.574. The van der Waals surface area contributed by atoms with Crippen LogP contribution in [0.3, 0.4) is 0 Å². The number of nitrogens with one attached hydrogen (secondary N) is 1. The highest BCUT2D eigenvalue weighted by molar-refractivity contribution is 6.33. The molecule has 0 aliphatic carbocycles. The number of anilines is 2. The molecule has 4 heterocycles. The minimum absolute atomic E-state index is 0.574. The summed E-state index contributed by atoms with van der Waals surface area (Å²) in [5.41, 5.74) is 5.43. The van der Waals surface area contributed by atoms with E-state index in [0.717, 1.165) is 33.8 Å². The molecule has 0 saturated carbocycles. The first kappa shape index (κ1) is 19.9. The Bertz CT molecular complexity index is 1370. The summed E-state index contributed by atoms with van der Waals surface area (Å²) in [5.74, 6) is 1.32. The zero-order chi connectivity index (χ0) is 22.1. The quantitative estimate of drug-likeness (QED) is 0.419. The summed E-state index contributed by atoms with van der Waals surface area (Å²) in [6.07, 6.45) is 8.80. The molecule has 1 N–H and O–H groups in total. The molecule has 0 amide bonds. The first-order valence-corrected chi connectivity index (χ1v) is 10.3. The van der Waals surface area contributed by atoms with Crippen LogP contribution in [0.25, 0.3) is 28.2 Å². The number of hydrogen-bond donors (Lipinski definition) is 1. The highest BCUT2D eigenvalue weighted by Crippen LogP contribution is 2.30. The molecule has 32 heavy (non-hydrogen) atoms. The molecule has 158 valence electrons. The van der Waals surface area contributed by atoms with Gasteiger partial charge in [0.15, 0.2) is 5.82 Å². The first-order valence-electron chi connectivity index (χ1n) is 9.92. The highest BCUT2D eigenvalue weighted by atomic mass is 35.5. The van der Waals surface area contributed by atoms with Crippen LogP contribution in [-0.2, 0) is 7.05 Å². The molecule has 0 atom stereocenters. The van der Waals surface area contributed by atoms with Gasteiger partial charge in [-0.1, -0.05) is 11.6 Å². The van der Waals surface area contributed by atoms with Gasteiger partial charge in [-0.2, -0.15) is 5.10 Å². The Labute approximate surface area is 189 Å². The Balaban J connectivity index is 1.34. The maximum atomic E-state index is 6.34. The van der Waals surface area contributed by atoms with Crippen molar-refractivity contribution in [3.05, 3.63) is 84.3 Å². The molecule has 9 heteroatoms. The number of halogens is 1. The summed E-state index contributed by atoms with van der Waals surface area (Å²) in [4.78, 5) is 13.1. The van der Waals surface area contributed by atoms with Gasteiger partial charge in [-0.3, -0.25) is 9.67 Å². The van der Waals surface area contributed by atoms with Gasteiger partial charge in [0.1, 0.15) is 12.1 Å². The number of aryl methyl sites for hydroxylation is 2. The van der Waals surface area contributed by atoms with Crippen LogP contribution in [-0.4, -0.2) is 34.5 Å². The predicted octanol–water partition coefficient (Wildman–Crippen LogP) is 4.83. The second-order valence-corrected chi connectivity index (χ2v) is 7.73. The van der Waals surface area contributed by atoms with Crippen molar-refractivity contribution in [2.75, 3.05) is 5.32 Å². The van der Waals surface area contributed by atoms with E-state index < -0.39 is 0 Å². The fourth-order valence-electron chi connectivity index (χ4n) is 3.25. The predicted molar refractivity (Wildman–Crippen MR) is 124 cm³/mol. The Morgan fingerprint density at radius 2 is 1.75 bits per heavy atom. The maximum Gasteiger partial charge on any atom is 0.183 e. The Kier molecular flexibility index (Phi) is 5.12. The molecule has 0 aliphatic rings. The molecule has 1 aromatic carbocycles. The second kappa shape index (κ2) is 8.24. The molecule has 0 aliphatic heterocycles. The van der Waals surface area contributed by atoms with Crippen LogP contribution >= 0.6 is 11.6 Å². The van der Waals surface area contributed by atoms with E-state index in [1.54, 1.807) is 34.3 Å².